The van der Waals surface area contributed by atoms with Crippen molar-refractivity contribution in [1.29, 1.82) is 0 Å². The molecule has 1 nitrogen and oxygen atoms in total. The van der Waals surface area contributed by atoms with Crippen LogP contribution in [0.25, 0.3) is 0 Å². The van der Waals surface area contributed by atoms with Crippen LogP contribution in [0.2, 0.25) is 0 Å². The van der Waals surface area contributed by atoms with Crippen molar-refractivity contribution >= 4 is 12.6 Å². The maximum atomic E-state index is 4.44. The quantitative estimate of drug-likeness (QED) is 0.742. The largest absolute Gasteiger partial charge is 0.313 e. The van der Waals surface area contributed by atoms with Crippen LogP contribution in [0.4, 0.5) is 0 Å². The highest BCUT2D eigenvalue weighted by atomic mass is 32.1. The summed E-state index contributed by atoms with van der Waals surface area (Å²) >= 11 is 4.44. The van der Waals surface area contributed by atoms with Gasteiger partial charge in [0.2, 0.25) is 0 Å². The first-order valence-electron chi connectivity index (χ1n) is 6.42. The molecular weight excluding hydrogens is 238 g/mol. The average Bonchev–Trinajstić information content (AvgIpc) is 2.61. The van der Waals surface area contributed by atoms with Gasteiger partial charge in [-0.15, -0.1) is 12.6 Å². The number of rotatable bonds is 1. The predicted molar refractivity (Wildman–Crippen MR) is 78.3 cm³/mol. The summed E-state index contributed by atoms with van der Waals surface area (Å²) in [5, 5.41) is 3.50. The molecule has 0 spiro atoms. The molecule has 18 heavy (non-hydrogen) atoms. The molecule has 0 radical (unpaired) electrons. The summed E-state index contributed by atoms with van der Waals surface area (Å²) in [4.78, 5) is 1.05. The molecule has 1 N–H and O–H groups in total. The maximum absolute atomic E-state index is 4.44. The van der Waals surface area contributed by atoms with Crippen LogP contribution in [0.1, 0.15) is 29.0 Å². The molecule has 0 aliphatic carbocycles. The van der Waals surface area contributed by atoms with Gasteiger partial charge in [0.25, 0.3) is 0 Å². The van der Waals surface area contributed by atoms with Gasteiger partial charge in [0.1, 0.15) is 0 Å². The molecule has 1 atom stereocenters. The lowest BCUT2D eigenvalue weighted by molar-refractivity contribution is 0.647. The smallest absolute Gasteiger partial charge is 0.0208 e. The third-order valence-corrected chi connectivity index (χ3v) is 3.91. The Kier molecular flexibility index (Phi) is 3.39. The minimum absolute atomic E-state index is 0.505. The fourth-order valence-electron chi connectivity index (χ4n) is 2.74. The van der Waals surface area contributed by atoms with Crippen LogP contribution in [-0.2, 0) is 6.54 Å². The van der Waals surface area contributed by atoms with Crippen molar-refractivity contribution in [2.24, 2.45) is 0 Å². The lowest BCUT2D eigenvalue weighted by Gasteiger charge is -2.18. The number of hydrogen-bond donors (Lipinski definition) is 2. The Morgan fingerprint density at radius 1 is 1.06 bits per heavy atom. The third kappa shape index (κ3) is 2.31. The summed E-state index contributed by atoms with van der Waals surface area (Å²) in [6.45, 7) is 2.02. The van der Waals surface area contributed by atoms with Gasteiger partial charge in [0.05, 0.1) is 0 Å². The number of fused-ring (bicyclic) bond motifs is 1. The standard InChI is InChI=1S/C16H17NS/c18-14-6-7-15-13(10-14)11-17-9-8-16(15)12-4-2-1-3-5-12/h1-7,10,16-18H,8-9,11H2. The first kappa shape index (κ1) is 11.8. The minimum atomic E-state index is 0.505. The van der Waals surface area contributed by atoms with Crippen LogP contribution in [0.5, 0.6) is 0 Å². The maximum Gasteiger partial charge on any atom is 0.0208 e. The molecule has 0 fully saturated rings. The van der Waals surface area contributed by atoms with Crippen LogP contribution in [0, 0.1) is 0 Å². The van der Waals surface area contributed by atoms with Crippen molar-refractivity contribution in [2.75, 3.05) is 6.54 Å². The van der Waals surface area contributed by atoms with Crippen molar-refractivity contribution in [1.82, 2.24) is 5.32 Å². The van der Waals surface area contributed by atoms with Gasteiger partial charge in [0, 0.05) is 17.4 Å². The van der Waals surface area contributed by atoms with Crippen LogP contribution in [-0.4, -0.2) is 6.54 Å². The lowest BCUT2D eigenvalue weighted by Crippen LogP contribution is -2.12. The Morgan fingerprint density at radius 3 is 2.72 bits per heavy atom. The molecule has 92 valence electrons. The van der Waals surface area contributed by atoms with Gasteiger partial charge in [-0.1, -0.05) is 36.4 Å². The molecule has 2 aromatic carbocycles. The molecule has 2 aromatic rings. The van der Waals surface area contributed by atoms with Crippen molar-refractivity contribution in [3.8, 4) is 0 Å². The monoisotopic (exact) mass is 255 g/mol. The molecule has 1 aliphatic rings. The van der Waals surface area contributed by atoms with Gasteiger partial charge < -0.3 is 5.32 Å². The zero-order valence-corrected chi connectivity index (χ0v) is 11.2. The van der Waals surface area contributed by atoms with E-state index in [-0.39, 0.29) is 0 Å². The first-order valence-corrected chi connectivity index (χ1v) is 6.87. The summed E-state index contributed by atoms with van der Waals surface area (Å²) in [5.74, 6) is 0.505. The summed E-state index contributed by atoms with van der Waals surface area (Å²) in [6, 6.07) is 17.3. The Morgan fingerprint density at radius 2 is 1.89 bits per heavy atom. The van der Waals surface area contributed by atoms with Gasteiger partial charge in [-0.3, -0.25) is 0 Å². The molecule has 3 rings (SSSR count). The SMILES string of the molecule is Sc1ccc2c(c1)CNCCC2c1ccccc1. The number of thiol groups is 1. The average molecular weight is 255 g/mol. The van der Waals surface area contributed by atoms with Crippen molar-refractivity contribution in [2.45, 2.75) is 23.8 Å². The summed E-state index contributed by atoms with van der Waals surface area (Å²) in [5.41, 5.74) is 4.24. The Labute approximate surface area is 114 Å². The second kappa shape index (κ2) is 5.17. The van der Waals surface area contributed by atoms with E-state index >= 15 is 0 Å². The van der Waals surface area contributed by atoms with Crippen molar-refractivity contribution in [3.63, 3.8) is 0 Å². The zero-order valence-electron chi connectivity index (χ0n) is 10.3. The van der Waals surface area contributed by atoms with E-state index in [1.54, 1.807) is 0 Å². The number of benzene rings is 2. The van der Waals surface area contributed by atoms with Gasteiger partial charge in [-0.05, 0) is 41.8 Å². The van der Waals surface area contributed by atoms with E-state index in [9.17, 15) is 0 Å². The Balaban J connectivity index is 2.07. The molecule has 0 aromatic heterocycles. The normalized spacial score (nSPS) is 19.1. The highest BCUT2D eigenvalue weighted by Gasteiger charge is 2.19. The summed E-state index contributed by atoms with van der Waals surface area (Å²) < 4.78 is 0. The van der Waals surface area contributed by atoms with E-state index in [0.717, 1.165) is 24.4 Å². The van der Waals surface area contributed by atoms with E-state index in [2.05, 4.69) is 66.5 Å². The topological polar surface area (TPSA) is 12.0 Å². The van der Waals surface area contributed by atoms with Crippen molar-refractivity contribution in [3.05, 3.63) is 65.2 Å². The molecule has 1 heterocycles. The van der Waals surface area contributed by atoms with Gasteiger partial charge >= 0.3 is 0 Å². The van der Waals surface area contributed by atoms with Crippen molar-refractivity contribution < 1.29 is 0 Å². The highest BCUT2D eigenvalue weighted by Crippen LogP contribution is 2.32. The summed E-state index contributed by atoms with van der Waals surface area (Å²) in [7, 11) is 0. The van der Waals surface area contributed by atoms with Crippen LogP contribution in [0.15, 0.2) is 53.4 Å². The molecule has 2 heteroatoms. The summed E-state index contributed by atoms with van der Waals surface area (Å²) in [6.07, 6.45) is 1.16. The third-order valence-electron chi connectivity index (χ3n) is 3.63. The molecule has 1 aliphatic heterocycles. The number of hydrogen-bond acceptors (Lipinski definition) is 2. The van der Waals surface area contributed by atoms with Gasteiger partial charge in [0.15, 0.2) is 0 Å². The molecule has 0 saturated carbocycles. The van der Waals surface area contributed by atoms with Crippen LogP contribution in [0.3, 0.4) is 0 Å². The van der Waals surface area contributed by atoms with E-state index < -0.39 is 0 Å². The lowest BCUT2D eigenvalue weighted by atomic mass is 9.87. The van der Waals surface area contributed by atoms with E-state index in [0.29, 0.717) is 5.92 Å². The molecule has 1 unspecified atom stereocenters. The van der Waals surface area contributed by atoms with E-state index in [1.807, 2.05) is 0 Å². The first-order chi connectivity index (χ1) is 8.84. The zero-order chi connectivity index (χ0) is 12.4. The second-order valence-electron chi connectivity index (χ2n) is 4.81. The molecular formula is C16H17NS. The van der Waals surface area contributed by atoms with Crippen LogP contribution >= 0.6 is 12.6 Å². The second-order valence-corrected chi connectivity index (χ2v) is 5.33. The fraction of sp³-hybridized carbons (Fsp3) is 0.250. The van der Waals surface area contributed by atoms with Crippen LogP contribution < -0.4 is 5.32 Å². The number of nitrogens with one attached hydrogen (secondary N) is 1. The molecule has 0 amide bonds. The Hall–Kier alpha value is -1.25. The van der Waals surface area contributed by atoms with E-state index in [1.165, 1.54) is 16.7 Å². The highest BCUT2D eigenvalue weighted by molar-refractivity contribution is 7.80. The minimum Gasteiger partial charge on any atom is -0.313 e. The van der Waals surface area contributed by atoms with Gasteiger partial charge in [-0.25, -0.2) is 0 Å². The predicted octanol–water partition coefficient (Wildman–Crippen LogP) is 3.60. The Bertz CT molecular complexity index is 536. The molecule has 0 saturated heterocycles. The fourth-order valence-corrected chi connectivity index (χ4v) is 2.97. The van der Waals surface area contributed by atoms with Gasteiger partial charge in [-0.2, -0.15) is 0 Å². The van der Waals surface area contributed by atoms with E-state index in [4.69, 9.17) is 0 Å². The molecule has 0 bridgehead atoms.